The molecule has 1 saturated heterocycles. The van der Waals surface area contributed by atoms with Crippen molar-refractivity contribution in [3.8, 4) is 0 Å². The number of hydrogen-bond acceptors (Lipinski definition) is 4. The Balaban J connectivity index is 1.36. The lowest BCUT2D eigenvalue weighted by atomic mass is 10.0. The number of piperazine rings is 1. The lowest BCUT2D eigenvalue weighted by molar-refractivity contribution is -0.117. The number of hydrogen-bond donors (Lipinski definition) is 1. The van der Waals surface area contributed by atoms with E-state index in [1.165, 1.54) is 4.31 Å². The smallest absolute Gasteiger partial charge is 0.256 e. The highest BCUT2D eigenvalue weighted by Crippen LogP contribution is 2.32. The lowest BCUT2D eigenvalue weighted by Crippen LogP contribution is -2.50. The summed E-state index contributed by atoms with van der Waals surface area (Å²) in [4.78, 5) is 28.0. The number of sulfonamides is 1. The van der Waals surface area contributed by atoms with Crippen molar-refractivity contribution in [3.63, 3.8) is 0 Å². The summed E-state index contributed by atoms with van der Waals surface area (Å²) in [6.45, 7) is 4.85. The van der Waals surface area contributed by atoms with E-state index in [2.05, 4.69) is 5.32 Å². The number of anilines is 1. The van der Waals surface area contributed by atoms with Gasteiger partial charge in [-0.1, -0.05) is 30.3 Å². The molecule has 3 aromatic rings. The molecule has 5 rings (SSSR count). The molecular formula is C27H29N3O4S. The van der Waals surface area contributed by atoms with Gasteiger partial charge in [0.25, 0.3) is 5.91 Å². The number of aryl methyl sites for hydroxylation is 2. The molecule has 0 radical (unpaired) electrons. The lowest BCUT2D eigenvalue weighted by Gasteiger charge is -2.34. The highest BCUT2D eigenvalue weighted by molar-refractivity contribution is 7.89. The number of amides is 2. The second-order valence-electron chi connectivity index (χ2n) is 9.45. The van der Waals surface area contributed by atoms with Gasteiger partial charge in [0, 0.05) is 32.1 Å². The average Bonchev–Trinajstić information content (AvgIpc) is 3.71. The number of nitrogens with zero attached hydrogens (tertiary/aromatic N) is 2. The molecule has 7 nitrogen and oxygen atoms in total. The molecular weight excluding hydrogens is 462 g/mol. The fourth-order valence-electron chi connectivity index (χ4n) is 4.43. The predicted octanol–water partition coefficient (Wildman–Crippen LogP) is 3.95. The Labute approximate surface area is 205 Å². The first-order chi connectivity index (χ1) is 16.7. The van der Waals surface area contributed by atoms with Gasteiger partial charge >= 0.3 is 0 Å². The molecule has 1 N–H and O–H groups in total. The van der Waals surface area contributed by atoms with Crippen LogP contribution in [0.15, 0.2) is 59.5 Å². The Kier molecular flexibility index (Phi) is 6.11. The minimum Gasteiger partial charge on any atom is -0.336 e. The molecule has 1 aliphatic carbocycles. The summed E-state index contributed by atoms with van der Waals surface area (Å²) >= 11 is 0. The molecule has 0 bridgehead atoms. The largest absolute Gasteiger partial charge is 0.336 e. The summed E-state index contributed by atoms with van der Waals surface area (Å²) in [5.74, 6) is -0.243. The number of rotatable bonds is 5. The summed E-state index contributed by atoms with van der Waals surface area (Å²) < 4.78 is 27.8. The summed E-state index contributed by atoms with van der Waals surface area (Å²) in [7, 11) is -3.63. The normalized spacial score (nSPS) is 16.9. The summed E-state index contributed by atoms with van der Waals surface area (Å²) in [5.41, 5.74) is 2.91. The highest BCUT2D eigenvalue weighted by Gasteiger charge is 2.33. The first-order valence-corrected chi connectivity index (χ1v) is 13.4. The van der Waals surface area contributed by atoms with Gasteiger partial charge in [-0.15, -0.1) is 0 Å². The summed E-state index contributed by atoms with van der Waals surface area (Å²) in [5, 5.41) is 4.81. The van der Waals surface area contributed by atoms with E-state index >= 15 is 0 Å². The van der Waals surface area contributed by atoms with Crippen LogP contribution < -0.4 is 5.32 Å². The van der Waals surface area contributed by atoms with Crippen LogP contribution in [0.2, 0.25) is 0 Å². The van der Waals surface area contributed by atoms with Crippen LogP contribution in [0.25, 0.3) is 10.8 Å². The number of fused-ring (bicyclic) bond motifs is 1. The topological polar surface area (TPSA) is 86.8 Å². The summed E-state index contributed by atoms with van der Waals surface area (Å²) in [6, 6.07) is 16.5. The third-order valence-corrected chi connectivity index (χ3v) is 8.86. The molecule has 0 unspecified atom stereocenters. The van der Waals surface area contributed by atoms with Crippen molar-refractivity contribution >= 4 is 38.3 Å². The number of nitrogens with one attached hydrogen (secondary N) is 1. The molecule has 2 amide bonds. The number of benzene rings is 3. The Morgan fingerprint density at radius 2 is 1.51 bits per heavy atom. The number of carbonyl (C=O) groups is 2. The maximum atomic E-state index is 13.5. The zero-order valence-corrected chi connectivity index (χ0v) is 20.8. The monoisotopic (exact) mass is 491 g/mol. The van der Waals surface area contributed by atoms with Crippen LogP contribution in [-0.4, -0.2) is 55.6 Å². The van der Waals surface area contributed by atoms with Crippen molar-refractivity contribution < 1.29 is 18.0 Å². The quantitative estimate of drug-likeness (QED) is 0.586. The van der Waals surface area contributed by atoms with Crippen molar-refractivity contribution in [2.24, 2.45) is 5.92 Å². The maximum absolute atomic E-state index is 13.5. The first-order valence-electron chi connectivity index (χ1n) is 11.9. The molecule has 0 atom stereocenters. The SMILES string of the molecule is Cc1ccc(S(=O)(=O)N2CCN(C(=O)c3cc4ccccc4cc3NC(=O)C3CC3)CC2)cc1C. The second-order valence-corrected chi connectivity index (χ2v) is 11.4. The minimum absolute atomic E-state index is 0.0172. The molecule has 1 aliphatic heterocycles. The van der Waals surface area contributed by atoms with Gasteiger partial charge in [-0.2, -0.15) is 4.31 Å². The summed E-state index contributed by atoms with van der Waals surface area (Å²) in [6.07, 6.45) is 1.75. The van der Waals surface area contributed by atoms with E-state index < -0.39 is 10.0 Å². The van der Waals surface area contributed by atoms with Gasteiger partial charge in [0.05, 0.1) is 16.1 Å². The van der Waals surface area contributed by atoms with Crippen LogP contribution in [0.4, 0.5) is 5.69 Å². The van der Waals surface area contributed by atoms with Gasteiger partial charge in [-0.3, -0.25) is 9.59 Å². The minimum atomic E-state index is -3.63. The standard InChI is InChI=1S/C27H29N3O4S/c1-18-7-10-23(15-19(18)2)35(33,34)30-13-11-29(12-14-30)27(32)24-16-21-5-3-4-6-22(21)17-25(24)28-26(31)20-8-9-20/h3-7,10,15-17,20H,8-9,11-14H2,1-2H3,(H,28,31). The molecule has 8 heteroatoms. The predicted molar refractivity (Wildman–Crippen MR) is 136 cm³/mol. The first kappa shape index (κ1) is 23.5. The van der Waals surface area contributed by atoms with Gasteiger partial charge in [0.15, 0.2) is 0 Å². The molecule has 2 fully saturated rings. The van der Waals surface area contributed by atoms with E-state index in [1.54, 1.807) is 17.0 Å². The van der Waals surface area contributed by atoms with Crippen molar-refractivity contribution in [2.45, 2.75) is 31.6 Å². The van der Waals surface area contributed by atoms with E-state index in [9.17, 15) is 18.0 Å². The van der Waals surface area contributed by atoms with E-state index in [4.69, 9.17) is 0 Å². The third kappa shape index (κ3) is 4.68. The van der Waals surface area contributed by atoms with Crippen LogP contribution in [0, 0.1) is 19.8 Å². The molecule has 35 heavy (non-hydrogen) atoms. The van der Waals surface area contributed by atoms with E-state index in [0.29, 0.717) is 11.3 Å². The fraction of sp³-hybridized carbons (Fsp3) is 0.333. The van der Waals surface area contributed by atoms with Gasteiger partial charge in [0.1, 0.15) is 0 Å². The molecule has 1 saturated carbocycles. The van der Waals surface area contributed by atoms with Crippen molar-refractivity contribution in [2.75, 3.05) is 31.5 Å². The highest BCUT2D eigenvalue weighted by atomic mass is 32.2. The molecule has 182 valence electrons. The van der Waals surface area contributed by atoms with Crippen molar-refractivity contribution in [1.82, 2.24) is 9.21 Å². The van der Waals surface area contributed by atoms with E-state index in [0.717, 1.165) is 34.7 Å². The molecule has 1 heterocycles. The molecule has 0 aromatic heterocycles. The molecule has 3 aromatic carbocycles. The molecule has 0 spiro atoms. The zero-order valence-electron chi connectivity index (χ0n) is 20.0. The number of carbonyl (C=O) groups excluding carboxylic acids is 2. The van der Waals surface area contributed by atoms with Crippen LogP contribution in [0.3, 0.4) is 0 Å². The Hall–Kier alpha value is -3.23. The Morgan fingerprint density at radius 3 is 2.14 bits per heavy atom. The van der Waals surface area contributed by atoms with Gasteiger partial charge in [0.2, 0.25) is 15.9 Å². The van der Waals surface area contributed by atoms with Gasteiger partial charge in [-0.25, -0.2) is 8.42 Å². The van der Waals surface area contributed by atoms with Gasteiger partial charge < -0.3 is 10.2 Å². The fourth-order valence-corrected chi connectivity index (χ4v) is 5.93. The van der Waals surface area contributed by atoms with E-state index in [1.807, 2.05) is 56.3 Å². The molecule has 2 aliphatic rings. The van der Waals surface area contributed by atoms with Crippen LogP contribution in [0.5, 0.6) is 0 Å². The van der Waals surface area contributed by atoms with Crippen molar-refractivity contribution in [1.29, 1.82) is 0 Å². The van der Waals surface area contributed by atoms with E-state index in [-0.39, 0.29) is 48.8 Å². The maximum Gasteiger partial charge on any atom is 0.256 e. The zero-order chi connectivity index (χ0) is 24.7. The van der Waals surface area contributed by atoms with Crippen LogP contribution >= 0.6 is 0 Å². The Bertz CT molecular complexity index is 1420. The van der Waals surface area contributed by atoms with Crippen molar-refractivity contribution in [3.05, 3.63) is 71.3 Å². The van der Waals surface area contributed by atoms with Crippen LogP contribution in [-0.2, 0) is 14.8 Å². The average molecular weight is 492 g/mol. The Morgan fingerprint density at radius 1 is 0.857 bits per heavy atom. The van der Waals surface area contributed by atoms with Crippen LogP contribution in [0.1, 0.15) is 34.3 Å². The second kappa shape index (κ2) is 9.09. The van der Waals surface area contributed by atoms with Gasteiger partial charge in [-0.05, 0) is 72.9 Å². The third-order valence-electron chi connectivity index (χ3n) is 6.96.